The van der Waals surface area contributed by atoms with E-state index >= 15 is 0 Å². The molecule has 0 saturated heterocycles. The molecule has 1 heterocycles. The van der Waals surface area contributed by atoms with Gasteiger partial charge in [-0.1, -0.05) is 22.0 Å². The molecule has 1 aromatic carbocycles. The number of nitrogens with one attached hydrogen (secondary N) is 1. The summed E-state index contributed by atoms with van der Waals surface area (Å²) in [4.78, 5) is 0. The van der Waals surface area contributed by atoms with Gasteiger partial charge < -0.3 is 4.74 Å². The van der Waals surface area contributed by atoms with E-state index in [1.54, 1.807) is 6.20 Å². The van der Waals surface area contributed by atoms with Gasteiger partial charge >= 0.3 is 0 Å². The zero-order valence-electron chi connectivity index (χ0n) is 9.72. The normalized spacial score (nSPS) is 12.4. The Morgan fingerprint density at radius 1 is 1.41 bits per heavy atom. The summed E-state index contributed by atoms with van der Waals surface area (Å²) in [6, 6.07) is 7.71. The summed E-state index contributed by atoms with van der Waals surface area (Å²) in [6.45, 7) is 2.02. The molecule has 1 unspecified atom stereocenters. The molecule has 2 rings (SSSR count). The maximum absolute atomic E-state index is 5.69. The zero-order chi connectivity index (χ0) is 12.3. The largest absolute Gasteiger partial charge is 0.454 e. The quantitative estimate of drug-likeness (QED) is 0.942. The molecule has 1 atom stereocenters. The third-order valence-corrected chi connectivity index (χ3v) is 2.92. The molecule has 0 saturated carbocycles. The van der Waals surface area contributed by atoms with Crippen LogP contribution in [-0.4, -0.2) is 16.8 Å². The van der Waals surface area contributed by atoms with Crippen molar-refractivity contribution >= 4 is 15.9 Å². The summed E-state index contributed by atoms with van der Waals surface area (Å²) < 4.78 is 8.50. The van der Waals surface area contributed by atoms with Crippen molar-refractivity contribution in [2.45, 2.75) is 13.1 Å². The molecule has 0 aliphatic carbocycles. The van der Waals surface area contributed by atoms with Crippen molar-refractivity contribution in [1.82, 2.24) is 15.1 Å². The van der Waals surface area contributed by atoms with E-state index in [1.807, 2.05) is 49.1 Å². The fraction of sp³-hybridized carbons (Fsp3) is 0.250. The van der Waals surface area contributed by atoms with Gasteiger partial charge in [0.15, 0.2) is 5.75 Å². The van der Waals surface area contributed by atoms with Crippen LogP contribution in [0.1, 0.15) is 13.1 Å². The van der Waals surface area contributed by atoms with Gasteiger partial charge in [0.2, 0.25) is 0 Å². The molecule has 0 amide bonds. The Morgan fingerprint density at radius 2 is 2.24 bits per heavy atom. The predicted molar refractivity (Wildman–Crippen MR) is 70.2 cm³/mol. The summed E-state index contributed by atoms with van der Waals surface area (Å²) in [5.41, 5.74) is 0. The molecule has 0 bridgehead atoms. The lowest BCUT2D eigenvalue weighted by Crippen LogP contribution is -2.19. The first-order chi connectivity index (χ1) is 8.19. The Morgan fingerprint density at radius 3 is 2.94 bits per heavy atom. The predicted octanol–water partition coefficient (Wildman–Crippen LogP) is 3.18. The van der Waals surface area contributed by atoms with Crippen LogP contribution in [0.25, 0.3) is 0 Å². The third kappa shape index (κ3) is 3.08. The molecular weight excluding hydrogens is 282 g/mol. The second kappa shape index (κ2) is 5.33. The lowest BCUT2D eigenvalue weighted by atomic mass is 10.3. The third-order valence-electron chi connectivity index (χ3n) is 2.42. The van der Waals surface area contributed by atoms with Crippen LogP contribution in [0.4, 0.5) is 0 Å². The van der Waals surface area contributed by atoms with Crippen LogP contribution in [-0.2, 0) is 0 Å². The maximum atomic E-state index is 5.69. The highest BCUT2D eigenvalue weighted by atomic mass is 79.9. The van der Waals surface area contributed by atoms with Crippen molar-refractivity contribution in [3.8, 4) is 11.5 Å². The number of hydrogen-bond acceptors (Lipinski definition) is 3. The standard InChI is InChI=1S/C12H14BrN3O/c1-9(14-2)16-8-12(7-15-16)17-11-5-3-4-10(13)6-11/h3-9,14H,1-2H3. The molecule has 2 aromatic rings. The van der Waals surface area contributed by atoms with Crippen LogP contribution < -0.4 is 10.1 Å². The van der Waals surface area contributed by atoms with Gasteiger partial charge in [0.05, 0.1) is 18.6 Å². The van der Waals surface area contributed by atoms with E-state index in [2.05, 4.69) is 26.3 Å². The first kappa shape index (κ1) is 12.1. The first-order valence-corrected chi connectivity index (χ1v) is 6.13. The highest BCUT2D eigenvalue weighted by Gasteiger charge is 2.05. The second-order valence-corrected chi connectivity index (χ2v) is 4.60. The summed E-state index contributed by atoms with van der Waals surface area (Å²) in [7, 11) is 1.89. The SMILES string of the molecule is CNC(C)n1cc(Oc2cccc(Br)c2)cn1. The fourth-order valence-corrected chi connectivity index (χ4v) is 1.76. The van der Waals surface area contributed by atoms with E-state index in [0.29, 0.717) is 0 Å². The van der Waals surface area contributed by atoms with Crippen LogP contribution in [0.5, 0.6) is 11.5 Å². The van der Waals surface area contributed by atoms with Crippen molar-refractivity contribution < 1.29 is 4.74 Å². The number of nitrogens with zero attached hydrogens (tertiary/aromatic N) is 2. The molecule has 0 fully saturated rings. The minimum absolute atomic E-state index is 0.148. The molecule has 0 radical (unpaired) electrons. The van der Waals surface area contributed by atoms with Gasteiger partial charge in [-0.05, 0) is 32.2 Å². The Bertz CT molecular complexity index is 498. The average Bonchev–Trinajstić information content (AvgIpc) is 2.76. The van der Waals surface area contributed by atoms with Crippen LogP contribution in [0.2, 0.25) is 0 Å². The molecule has 17 heavy (non-hydrogen) atoms. The maximum Gasteiger partial charge on any atom is 0.165 e. The Kier molecular flexibility index (Phi) is 3.81. The highest BCUT2D eigenvalue weighted by Crippen LogP contribution is 2.24. The molecule has 1 aromatic heterocycles. The van der Waals surface area contributed by atoms with Gasteiger partial charge in [-0.25, -0.2) is 0 Å². The van der Waals surface area contributed by atoms with Crippen LogP contribution in [0, 0.1) is 0 Å². The summed E-state index contributed by atoms with van der Waals surface area (Å²) in [6.07, 6.45) is 3.71. The van der Waals surface area contributed by atoms with Crippen molar-refractivity contribution in [3.05, 3.63) is 41.1 Å². The monoisotopic (exact) mass is 295 g/mol. The molecule has 1 N–H and O–H groups in total. The highest BCUT2D eigenvalue weighted by molar-refractivity contribution is 9.10. The number of rotatable bonds is 4. The van der Waals surface area contributed by atoms with E-state index in [4.69, 9.17) is 4.74 Å². The lowest BCUT2D eigenvalue weighted by Gasteiger charge is -2.09. The molecule has 5 heteroatoms. The van der Waals surface area contributed by atoms with E-state index < -0.39 is 0 Å². The van der Waals surface area contributed by atoms with E-state index in [-0.39, 0.29) is 6.17 Å². The summed E-state index contributed by atoms with van der Waals surface area (Å²) in [5.74, 6) is 1.52. The van der Waals surface area contributed by atoms with Gasteiger partial charge in [0, 0.05) is 4.47 Å². The van der Waals surface area contributed by atoms with Crippen LogP contribution in [0.15, 0.2) is 41.1 Å². The number of ether oxygens (including phenoxy) is 1. The van der Waals surface area contributed by atoms with Gasteiger partial charge in [-0.2, -0.15) is 5.10 Å². The van der Waals surface area contributed by atoms with Crippen LogP contribution in [0.3, 0.4) is 0 Å². The Balaban J connectivity index is 2.11. The molecule has 90 valence electrons. The molecule has 0 aliphatic rings. The van der Waals surface area contributed by atoms with Crippen LogP contribution >= 0.6 is 15.9 Å². The average molecular weight is 296 g/mol. The van der Waals surface area contributed by atoms with Crippen molar-refractivity contribution in [3.63, 3.8) is 0 Å². The number of hydrogen-bond donors (Lipinski definition) is 1. The van der Waals surface area contributed by atoms with Gasteiger partial charge in [0.25, 0.3) is 0 Å². The Hall–Kier alpha value is -1.33. The first-order valence-electron chi connectivity index (χ1n) is 5.34. The molecular formula is C12H14BrN3O. The van der Waals surface area contributed by atoms with Crippen molar-refractivity contribution in [2.24, 2.45) is 0 Å². The Labute approximate surface area is 109 Å². The van der Waals surface area contributed by atoms with E-state index in [0.717, 1.165) is 16.0 Å². The van der Waals surface area contributed by atoms with Crippen molar-refractivity contribution in [2.75, 3.05) is 7.05 Å². The lowest BCUT2D eigenvalue weighted by molar-refractivity contribution is 0.428. The number of benzene rings is 1. The van der Waals surface area contributed by atoms with E-state index in [1.165, 1.54) is 0 Å². The minimum atomic E-state index is 0.148. The summed E-state index contributed by atoms with van der Waals surface area (Å²) in [5, 5.41) is 7.33. The molecule has 0 aliphatic heterocycles. The van der Waals surface area contributed by atoms with Crippen molar-refractivity contribution in [1.29, 1.82) is 0 Å². The number of halogens is 1. The number of aromatic nitrogens is 2. The smallest absolute Gasteiger partial charge is 0.165 e. The second-order valence-electron chi connectivity index (χ2n) is 3.68. The van der Waals surface area contributed by atoms with E-state index in [9.17, 15) is 0 Å². The molecule has 4 nitrogen and oxygen atoms in total. The minimum Gasteiger partial charge on any atom is -0.454 e. The molecule has 0 spiro atoms. The topological polar surface area (TPSA) is 39.1 Å². The van der Waals surface area contributed by atoms with Gasteiger partial charge in [-0.15, -0.1) is 0 Å². The van der Waals surface area contributed by atoms with Gasteiger partial charge in [0.1, 0.15) is 5.75 Å². The zero-order valence-corrected chi connectivity index (χ0v) is 11.3. The summed E-state index contributed by atoms with van der Waals surface area (Å²) >= 11 is 3.40. The fourth-order valence-electron chi connectivity index (χ4n) is 1.38. The van der Waals surface area contributed by atoms with Gasteiger partial charge in [-0.3, -0.25) is 10.00 Å².